The van der Waals surface area contributed by atoms with E-state index in [-0.39, 0.29) is 17.3 Å². The fourth-order valence-corrected chi connectivity index (χ4v) is 2.82. The van der Waals surface area contributed by atoms with E-state index >= 15 is 0 Å². The summed E-state index contributed by atoms with van der Waals surface area (Å²) < 4.78 is 5.38. The Morgan fingerprint density at radius 2 is 1.84 bits per heavy atom. The Bertz CT molecular complexity index is 665. The number of carbonyl (C=O) groups excluding carboxylic acids is 1. The third kappa shape index (κ3) is 5.24. The van der Waals surface area contributed by atoms with Crippen molar-refractivity contribution in [3.63, 3.8) is 0 Å². The molecule has 0 saturated carbocycles. The number of carbonyl (C=O) groups is 2. The molecule has 138 valence electrons. The van der Waals surface area contributed by atoms with E-state index in [0.29, 0.717) is 37.7 Å². The molecule has 8 heteroatoms. The van der Waals surface area contributed by atoms with E-state index in [2.05, 4.69) is 4.90 Å². The Morgan fingerprint density at radius 1 is 1.24 bits per heavy atom. The molecule has 0 spiro atoms. The molecule has 0 aromatic heterocycles. The molecular weight excluding hydrogens is 346 g/mol. The molecule has 25 heavy (non-hydrogen) atoms. The van der Waals surface area contributed by atoms with Gasteiger partial charge < -0.3 is 20.5 Å². The van der Waals surface area contributed by atoms with Gasteiger partial charge in [0.25, 0.3) is 0 Å². The van der Waals surface area contributed by atoms with Crippen LogP contribution in [0.1, 0.15) is 36.7 Å². The predicted octanol–water partition coefficient (Wildman–Crippen LogP) is 2.67. The average molecular weight is 370 g/mol. The Balaban J connectivity index is 1.95. The summed E-state index contributed by atoms with van der Waals surface area (Å²) in [5.41, 5.74) is 6.25. The van der Waals surface area contributed by atoms with Gasteiger partial charge in [-0.05, 0) is 38.5 Å². The molecule has 1 aromatic rings. The van der Waals surface area contributed by atoms with Gasteiger partial charge in [0, 0.05) is 43.4 Å². The highest BCUT2D eigenvalue weighted by Crippen LogP contribution is 2.25. The molecule has 0 radical (unpaired) electrons. The van der Waals surface area contributed by atoms with E-state index in [0.717, 1.165) is 5.56 Å². The standard InChI is InChI=1S/C17H24ClN3O4/c1-17(2,3)25-16(24)21-6-4-20(5-7-21)10-11-8-14(19)12(15(22)23)9-13(11)18/h8-9H,4-7,10,19H2,1-3H3,(H,22,23). The van der Waals surface area contributed by atoms with Gasteiger partial charge in [0.1, 0.15) is 5.60 Å². The van der Waals surface area contributed by atoms with Gasteiger partial charge in [0.2, 0.25) is 0 Å². The summed E-state index contributed by atoms with van der Waals surface area (Å²) >= 11 is 6.19. The first-order valence-electron chi connectivity index (χ1n) is 8.08. The van der Waals surface area contributed by atoms with Crippen molar-refractivity contribution in [2.75, 3.05) is 31.9 Å². The predicted molar refractivity (Wildman–Crippen MR) is 95.9 cm³/mol. The third-order valence-electron chi connectivity index (χ3n) is 3.87. The number of hydrogen-bond donors (Lipinski definition) is 2. The normalized spacial score (nSPS) is 15.9. The van der Waals surface area contributed by atoms with Crippen LogP contribution in [0.4, 0.5) is 10.5 Å². The summed E-state index contributed by atoms with van der Waals surface area (Å²) in [5.74, 6) is -1.10. The minimum Gasteiger partial charge on any atom is -0.478 e. The molecule has 0 bridgehead atoms. The monoisotopic (exact) mass is 369 g/mol. The number of carboxylic acids is 1. The number of aromatic carboxylic acids is 1. The van der Waals surface area contributed by atoms with Gasteiger partial charge in [-0.3, -0.25) is 4.90 Å². The number of benzene rings is 1. The number of anilines is 1. The molecule has 0 unspecified atom stereocenters. The number of halogens is 1. The van der Waals surface area contributed by atoms with Crippen molar-refractivity contribution >= 4 is 29.4 Å². The van der Waals surface area contributed by atoms with Gasteiger partial charge in [-0.15, -0.1) is 0 Å². The number of hydrogen-bond acceptors (Lipinski definition) is 5. The lowest BCUT2D eigenvalue weighted by Gasteiger charge is -2.35. The van der Waals surface area contributed by atoms with Crippen LogP contribution in [0, 0.1) is 0 Å². The number of ether oxygens (including phenoxy) is 1. The van der Waals surface area contributed by atoms with Crippen molar-refractivity contribution in [2.45, 2.75) is 32.9 Å². The lowest BCUT2D eigenvalue weighted by Crippen LogP contribution is -2.49. The zero-order valence-corrected chi connectivity index (χ0v) is 15.5. The first kappa shape index (κ1) is 19.3. The summed E-state index contributed by atoms with van der Waals surface area (Å²) in [6.45, 7) is 8.55. The molecule has 7 nitrogen and oxygen atoms in total. The fourth-order valence-electron chi connectivity index (χ4n) is 2.60. The summed E-state index contributed by atoms with van der Waals surface area (Å²) in [6.07, 6.45) is -0.305. The molecule has 1 amide bonds. The highest BCUT2D eigenvalue weighted by atomic mass is 35.5. The maximum atomic E-state index is 12.1. The number of nitrogen functional groups attached to an aromatic ring is 1. The Hall–Kier alpha value is -1.99. The lowest BCUT2D eigenvalue weighted by atomic mass is 10.1. The third-order valence-corrected chi connectivity index (χ3v) is 4.22. The van der Waals surface area contributed by atoms with Crippen molar-refractivity contribution in [1.29, 1.82) is 0 Å². The van der Waals surface area contributed by atoms with Crippen LogP contribution < -0.4 is 5.73 Å². The second-order valence-corrected chi connectivity index (χ2v) is 7.49. The topological polar surface area (TPSA) is 96.1 Å². The van der Waals surface area contributed by atoms with Crippen LogP contribution in [0.3, 0.4) is 0 Å². The van der Waals surface area contributed by atoms with Crippen molar-refractivity contribution in [1.82, 2.24) is 9.80 Å². The summed E-state index contributed by atoms with van der Waals surface area (Å²) in [4.78, 5) is 27.0. The van der Waals surface area contributed by atoms with Gasteiger partial charge in [-0.2, -0.15) is 0 Å². The molecule has 1 fully saturated rings. The maximum Gasteiger partial charge on any atom is 0.410 e. The molecule has 1 heterocycles. The van der Waals surface area contributed by atoms with Crippen LogP contribution in [-0.2, 0) is 11.3 Å². The number of nitrogens with two attached hydrogens (primary N) is 1. The molecule has 1 aliphatic rings. The van der Waals surface area contributed by atoms with E-state index < -0.39 is 11.6 Å². The van der Waals surface area contributed by atoms with E-state index in [4.69, 9.17) is 27.2 Å². The number of amides is 1. The molecule has 0 atom stereocenters. The van der Waals surface area contributed by atoms with Crippen LogP contribution in [0.5, 0.6) is 0 Å². The fraction of sp³-hybridized carbons (Fsp3) is 0.529. The highest BCUT2D eigenvalue weighted by molar-refractivity contribution is 6.31. The zero-order valence-electron chi connectivity index (χ0n) is 14.7. The van der Waals surface area contributed by atoms with Crippen molar-refractivity contribution in [3.8, 4) is 0 Å². The van der Waals surface area contributed by atoms with Gasteiger partial charge in [0.05, 0.1) is 5.56 Å². The maximum absolute atomic E-state index is 12.1. The molecule has 3 N–H and O–H groups in total. The largest absolute Gasteiger partial charge is 0.478 e. The van der Waals surface area contributed by atoms with E-state index in [9.17, 15) is 9.59 Å². The molecule has 1 aromatic carbocycles. The molecule has 0 aliphatic carbocycles. The van der Waals surface area contributed by atoms with E-state index in [1.54, 1.807) is 11.0 Å². The van der Waals surface area contributed by atoms with Gasteiger partial charge in [0.15, 0.2) is 0 Å². The number of rotatable bonds is 3. The Labute approximate surface area is 152 Å². The minimum absolute atomic E-state index is 0.00324. The molecule has 2 rings (SSSR count). The SMILES string of the molecule is CC(C)(C)OC(=O)N1CCN(Cc2cc(N)c(C(=O)O)cc2Cl)CC1. The van der Waals surface area contributed by atoms with Gasteiger partial charge >= 0.3 is 12.1 Å². The summed E-state index contributed by atoms with van der Waals surface area (Å²) in [7, 11) is 0. The first-order chi connectivity index (χ1) is 11.6. The molecule has 1 saturated heterocycles. The molecular formula is C17H24ClN3O4. The van der Waals surface area contributed by atoms with Crippen LogP contribution in [0.25, 0.3) is 0 Å². The first-order valence-corrected chi connectivity index (χ1v) is 8.46. The van der Waals surface area contributed by atoms with Crippen LogP contribution in [-0.4, -0.2) is 58.7 Å². The number of piperazine rings is 1. The second kappa shape index (κ2) is 7.49. The van der Waals surface area contributed by atoms with E-state index in [1.807, 2.05) is 20.8 Å². The molecule has 1 aliphatic heterocycles. The quantitative estimate of drug-likeness (QED) is 0.795. The minimum atomic E-state index is -1.10. The summed E-state index contributed by atoms with van der Waals surface area (Å²) in [5, 5.41) is 9.44. The Morgan fingerprint density at radius 3 is 2.36 bits per heavy atom. The van der Waals surface area contributed by atoms with Crippen molar-refractivity contribution < 1.29 is 19.4 Å². The van der Waals surface area contributed by atoms with E-state index in [1.165, 1.54) is 6.07 Å². The lowest BCUT2D eigenvalue weighted by molar-refractivity contribution is 0.0139. The Kier molecular flexibility index (Phi) is 5.80. The van der Waals surface area contributed by atoms with Gasteiger partial charge in [-0.1, -0.05) is 11.6 Å². The second-order valence-electron chi connectivity index (χ2n) is 7.08. The van der Waals surface area contributed by atoms with Crippen LogP contribution in [0.2, 0.25) is 5.02 Å². The van der Waals surface area contributed by atoms with Crippen LogP contribution in [0.15, 0.2) is 12.1 Å². The zero-order chi connectivity index (χ0) is 18.8. The smallest absolute Gasteiger partial charge is 0.410 e. The van der Waals surface area contributed by atoms with Gasteiger partial charge in [-0.25, -0.2) is 9.59 Å². The average Bonchev–Trinajstić information content (AvgIpc) is 2.49. The number of carboxylic acid groups (broad SMARTS) is 1. The van der Waals surface area contributed by atoms with Crippen molar-refractivity contribution in [2.24, 2.45) is 0 Å². The summed E-state index contributed by atoms with van der Waals surface area (Å²) in [6, 6.07) is 2.98. The van der Waals surface area contributed by atoms with Crippen LogP contribution >= 0.6 is 11.6 Å². The number of nitrogens with zero attached hydrogens (tertiary/aromatic N) is 2. The van der Waals surface area contributed by atoms with Crippen molar-refractivity contribution in [3.05, 3.63) is 28.3 Å². The highest BCUT2D eigenvalue weighted by Gasteiger charge is 2.26.